The van der Waals surface area contributed by atoms with Crippen LogP contribution < -0.4 is 4.74 Å². The molecule has 1 saturated heterocycles. The zero-order chi connectivity index (χ0) is 22.2. The third-order valence-corrected chi connectivity index (χ3v) is 6.17. The van der Waals surface area contributed by atoms with Crippen molar-refractivity contribution in [1.82, 2.24) is 14.9 Å². The van der Waals surface area contributed by atoms with Crippen LogP contribution in [0.15, 0.2) is 39.4 Å². The maximum absolute atomic E-state index is 11.5. The summed E-state index contributed by atoms with van der Waals surface area (Å²) >= 11 is 5.40. The molecule has 0 atom stereocenters. The molecular weight excluding hydrogens is 426 g/mol. The summed E-state index contributed by atoms with van der Waals surface area (Å²) in [4.78, 5) is 9.94. The molecule has 1 aliphatic rings. The van der Waals surface area contributed by atoms with Gasteiger partial charge in [-0.1, -0.05) is 6.42 Å². The molecule has 3 aromatic heterocycles. The van der Waals surface area contributed by atoms with Gasteiger partial charge in [0.05, 0.1) is 41.3 Å². The van der Waals surface area contributed by atoms with Crippen molar-refractivity contribution < 1.29 is 18.7 Å². The van der Waals surface area contributed by atoms with E-state index in [1.54, 1.807) is 13.4 Å². The molecule has 0 unspecified atom stereocenters. The Bertz CT molecular complexity index is 1330. The van der Waals surface area contributed by atoms with Crippen molar-refractivity contribution in [1.29, 1.82) is 0 Å². The smallest absolute Gasteiger partial charge is 0.197 e. The number of piperidine rings is 1. The second-order valence-corrected chi connectivity index (χ2v) is 8.52. The fourth-order valence-corrected chi connectivity index (χ4v) is 4.67. The number of aromatic amines is 1. The highest BCUT2D eigenvalue weighted by Crippen LogP contribution is 2.47. The lowest BCUT2D eigenvalue weighted by Crippen LogP contribution is -2.29. The lowest BCUT2D eigenvalue weighted by atomic mass is 9.99. The number of methoxy groups -OCH3 is 1. The minimum Gasteiger partial charge on any atom is -0.507 e. The third kappa shape index (κ3) is 3.69. The molecular formula is C24H25N3O4S. The Morgan fingerprint density at radius 2 is 2.03 bits per heavy atom. The minimum absolute atomic E-state index is 0.101. The number of phenolic OH excluding ortho intramolecular Hbond substituents is 1. The summed E-state index contributed by atoms with van der Waals surface area (Å²) in [5.74, 6) is 2.04. The number of phenols is 1. The van der Waals surface area contributed by atoms with E-state index >= 15 is 0 Å². The Morgan fingerprint density at radius 3 is 2.75 bits per heavy atom. The van der Waals surface area contributed by atoms with Gasteiger partial charge in [0.25, 0.3) is 0 Å². The summed E-state index contributed by atoms with van der Waals surface area (Å²) in [6.07, 6.45) is 5.18. The van der Waals surface area contributed by atoms with Gasteiger partial charge in [0.1, 0.15) is 22.8 Å². The van der Waals surface area contributed by atoms with Gasteiger partial charge in [-0.3, -0.25) is 4.90 Å². The number of aromatic nitrogens is 2. The highest BCUT2D eigenvalue weighted by Gasteiger charge is 2.26. The predicted octanol–water partition coefficient (Wildman–Crippen LogP) is 5.82. The highest BCUT2D eigenvalue weighted by molar-refractivity contribution is 7.71. The molecule has 8 heteroatoms. The first-order valence-electron chi connectivity index (χ1n) is 10.7. The summed E-state index contributed by atoms with van der Waals surface area (Å²) < 4.78 is 17.6. The fourth-order valence-electron chi connectivity index (χ4n) is 4.46. The number of hydrogen-bond donors (Lipinski definition) is 2. The van der Waals surface area contributed by atoms with Crippen molar-refractivity contribution in [2.24, 2.45) is 0 Å². The summed E-state index contributed by atoms with van der Waals surface area (Å²) in [6, 6.07) is 7.44. The number of aromatic hydroxyl groups is 1. The number of H-pyrrole nitrogens is 1. The maximum Gasteiger partial charge on any atom is 0.197 e. The van der Waals surface area contributed by atoms with Crippen LogP contribution in [0.25, 0.3) is 33.7 Å². The average molecular weight is 452 g/mol. The van der Waals surface area contributed by atoms with E-state index in [0.717, 1.165) is 42.6 Å². The number of aryl methyl sites for hydroxylation is 1. The van der Waals surface area contributed by atoms with Crippen LogP contribution in [0, 0.1) is 11.7 Å². The van der Waals surface area contributed by atoms with E-state index in [9.17, 15) is 5.11 Å². The van der Waals surface area contributed by atoms with E-state index in [0.29, 0.717) is 40.6 Å². The number of rotatable bonds is 5. The van der Waals surface area contributed by atoms with E-state index in [-0.39, 0.29) is 10.5 Å². The molecule has 32 heavy (non-hydrogen) atoms. The predicted molar refractivity (Wildman–Crippen MR) is 124 cm³/mol. The molecule has 4 heterocycles. The van der Waals surface area contributed by atoms with E-state index in [4.69, 9.17) is 25.8 Å². The summed E-state index contributed by atoms with van der Waals surface area (Å²) in [5.41, 5.74) is 3.06. The number of ether oxygens (including phenoxy) is 1. The molecule has 0 radical (unpaired) electrons. The van der Waals surface area contributed by atoms with Gasteiger partial charge < -0.3 is 23.7 Å². The van der Waals surface area contributed by atoms with Crippen LogP contribution in [0.5, 0.6) is 11.5 Å². The number of furan rings is 2. The number of nitrogens with zero attached hydrogens (tertiary/aromatic N) is 2. The van der Waals surface area contributed by atoms with E-state index in [1.807, 2.05) is 31.2 Å². The molecule has 0 bridgehead atoms. The summed E-state index contributed by atoms with van der Waals surface area (Å²) in [6.45, 7) is 4.48. The second-order valence-electron chi connectivity index (χ2n) is 8.13. The second kappa shape index (κ2) is 8.44. The Labute approximate surface area is 190 Å². The average Bonchev–Trinajstić information content (AvgIpc) is 3.45. The number of hydrogen-bond acceptors (Lipinski definition) is 7. The first kappa shape index (κ1) is 20.8. The molecule has 1 fully saturated rings. The molecule has 4 aromatic rings. The van der Waals surface area contributed by atoms with E-state index in [1.165, 1.54) is 6.42 Å². The van der Waals surface area contributed by atoms with Crippen LogP contribution >= 0.6 is 12.2 Å². The first-order chi connectivity index (χ1) is 15.5. The Hall–Kier alpha value is -3.10. The zero-order valence-electron chi connectivity index (χ0n) is 18.1. The molecule has 166 valence electrons. The molecule has 7 nitrogen and oxygen atoms in total. The fraction of sp³-hybridized carbons (Fsp3) is 0.333. The monoisotopic (exact) mass is 451 g/mol. The van der Waals surface area contributed by atoms with Crippen LogP contribution in [0.1, 0.15) is 30.6 Å². The first-order valence-corrected chi connectivity index (χ1v) is 11.2. The van der Waals surface area contributed by atoms with Gasteiger partial charge in [-0.05, 0) is 69.3 Å². The molecule has 5 rings (SSSR count). The minimum atomic E-state index is 0.101. The van der Waals surface area contributed by atoms with Gasteiger partial charge in [-0.2, -0.15) is 0 Å². The van der Waals surface area contributed by atoms with Gasteiger partial charge in [0, 0.05) is 6.54 Å². The molecule has 1 aromatic carbocycles. The highest BCUT2D eigenvalue weighted by atomic mass is 32.1. The van der Waals surface area contributed by atoms with Crippen LogP contribution in [0.4, 0.5) is 0 Å². The van der Waals surface area contributed by atoms with Crippen molar-refractivity contribution in [2.75, 3.05) is 20.2 Å². The summed E-state index contributed by atoms with van der Waals surface area (Å²) in [7, 11) is 1.58. The van der Waals surface area contributed by atoms with Crippen molar-refractivity contribution in [3.05, 3.63) is 46.6 Å². The zero-order valence-corrected chi connectivity index (χ0v) is 18.9. The SMILES string of the molecule is COc1c(-c2cc(-c3ccc(C)o3)[nH]c(=S)n2)c(O)c(CN2CCCCC2)c2occc12. The summed E-state index contributed by atoms with van der Waals surface area (Å²) in [5, 5.41) is 12.3. The van der Waals surface area contributed by atoms with Gasteiger partial charge in [-0.15, -0.1) is 0 Å². The number of benzene rings is 1. The largest absolute Gasteiger partial charge is 0.507 e. The number of likely N-dealkylation sites (tertiary alicyclic amines) is 1. The third-order valence-electron chi connectivity index (χ3n) is 5.97. The number of fused-ring (bicyclic) bond motifs is 1. The van der Waals surface area contributed by atoms with Crippen LogP contribution in [-0.4, -0.2) is 40.2 Å². The van der Waals surface area contributed by atoms with E-state index in [2.05, 4.69) is 14.9 Å². The normalized spacial score (nSPS) is 14.8. The quantitative estimate of drug-likeness (QED) is 0.370. The van der Waals surface area contributed by atoms with Crippen molar-refractivity contribution in [3.63, 3.8) is 0 Å². The lowest BCUT2D eigenvalue weighted by Gasteiger charge is -2.27. The Kier molecular flexibility index (Phi) is 5.48. The molecule has 0 amide bonds. The Balaban J connectivity index is 1.71. The van der Waals surface area contributed by atoms with Gasteiger partial charge >= 0.3 is 0 Å². The van der Waals surface area contributed by atoms with Crippen LogP contribution in [0.2, 0.25) is 0 Å². The maximum atomic E-state index is 11.5. The lowest BCUT2D eigenvalue weighted by molar-refractivity contribution is 0.218. The van der Waals surface area contributed by atoms with Crippen molar-refractivity contribution in [3.8, 4) is 34.2 Å². The van der Waals surface area contributed by atoms with E-state index < -0.39 is 0 Å². The Morgan fingerprint density at radius 1 is 1.22 bits per heavy atom. The molecule has 1 aliphatic heterocycles. The van der Waals surface area contributed by atoms with Gasteiger partial charge in [0.15, 0.2) is 10.5 Å². The van der Waals surface area contributed by atoms with Crippen LogP contribution in [0.3, 0.4) is 0 Å². The molecule has 0 saturated carbocycles. The molecule has 2 N–H and O–H groups in total. The van der Waals surface area contributed by atoms with Gasteiger partial charge in [-0.25, -0.2) is 4.98 Å². The topological polar surface area (TPSA) is 87.7 Å². The van der Waals surface area contributed by atoms with Crippen molar-refractivity contribution in [2.45, 2.75) is 32.7 Å². The molecule has 0 aliphatic carbocycles. The molecule has 0 spiro atoms. The number of nitrogens with one attached hydrogen (secondary N) is 1. The standard InChI is InChI=1S/C24H25N3O4S/c1-14-6-7-19(31-14)17-12-18(26-24(32)25-17)20-21(28)16(13-27-9-4-3-5-10-27)22-15(8-11-30-22)23(20)29-2/h6-8,11-12,28H,3-5,9-10,13H2,1-2H3,(H,25,26,32). The van der Waals surface area contributed by atoms with Gasteiger partial charge in [0.2, 0.25) is 0 Å². The van der Waals surface area contributed by atoms with Crippen molar-refractivity contribution >= 4 is 23.2 Å². The van der Waals surface area contributed by atoms with Crippen LogP contribution in [-0.2, 0) is 6.54 Å².